The molecule has 7 heteroatoms. The van der Waals surface area contributed by atoms with Crippen molar-refractivity contribution in [1.82, 2.24) is 9.78 Å². The van der Waals surface area contributed by atoms with E-state index in [1.807, 2.05) is 24.7 Å². The van der Waals surface area contributed by atoms with E-state index in [1.165, 1.54) is 0 Å². The summed E-state index contributed by atoms with van der Waals surface area (Å²) >= 11 is 7.48. The minimum absolute atomic E-state index is 0.0876. The Morgan fingerprint density at radius 1 is 1.48 bits per heavy atom. The van der Waals surface area contributed by atoms with Crippen molar-refractivity contribution in [2.24, 2.45) is 7.05 Å². The predicted molar refractivity (Wildman–Crippen MR) is 87.8 cm³/mol. The third kappa shape index (κ3) is 4.41. The van der Waals surface area contributed by atoms with E-state index < -0.39 is 0 Å². The van der Waals surface area contributed by atoms with Crippen molar-refractivity contribution >= 4 is 40.6 Å². The first-order chi connectivity index (χ1) is 9.95. The van der Waals surface area contributed by atoms with E-state index in [4.69, 9.17) is 17.3 Å². The van der Waals surface area contributed by atoms with E-state index in [1.54, 1.807) is 30.0 Å². The first-order valence-corrected chi connectivity index (χ1v) is 7.80. The molecule has 2 rings (SSSR count). The topological polar surface area (TPSA) is 72.9 Å². The van der Waals surface area contributed by atoms with Crippen LogP contribution in [0.4, 0.5) is 11.4 Å². The summed E-state index contributed by atoms with van der Waals surface area (Å²) in [5.41, 5.74) is 7.81. The van der Waals surface area contributed by atoms with Gasteiger partial charge in [0.15, 0.2) is 0 Å². The number of hydrogen-bond donors (Lipinski definition) is 2. The standard InChI is InChI=1S/C14H17ClN4OS/c1-9-7-14(19(2)18-9)21-6-5-13(20)17-12-8-10(15)3-4-11(12)16/h3-4,7-8H,5-6,16H2,1-2H3,(H,17,20). The van der Waals surface area contributed by atoms with Crippen LogP contribution in [-0.2, 0) is 11.8 Å². The Labute approximate surface area is 132 Å². The number of hydrogen-bond acceptors (Lipinski definition) is 4. The van der Waals surface area contributed by atoms with Crippen LogP contribution in [0.15, 0.2) is 29.3 Å². The molecule has 1 amide bonds. The van der Waals surface area contributed by atoms with E-state index in [-0.39, 0.29) is 5.91 Å². The lowest BCUT2D eigenvalue weighted by atomic mass is 10.2. The Balaban J connectivity index is 1.85. The molecule has 112 valence electrons. The second-order valence-electron chi connectivity index (χ2n) is 4.63. The molecule has 0 radical (unpaired) electrons. The van der Waals surface area contributed by atoms with Crippen molar-refractivity contribution in [3.05, 3.63) is 35.0 Å². The highest BCUT2D eigenvalue weighted by molar-refractivity contribution is 7.99. The lowest BCUT2D eigenvalue weighted by molar-refractivity contribution is -0.115. The number of halogens is 1. The van der Waals surface area contributed by atoms with Gasteiger partial charge >= 0.3 is 0 Å². The van der Waals surface area contributed by atoms with Crippen LogP contribution in [0.2, 0.25) is 5.02 Å². The van der Waals surface area contributed by atoms with Crippen molar-refractivity contribution in [1.29, 1.82) is 0 Å². The van der Waals surface area contributed by atoms with Gasteiger partial charge in [0.25, 0.3) is 0 Å². The molecular weight excluding hydrogens is 308 g/mol. The fraction of sp³-hybridized carbons (Fsp3) is 0.286. The molecule has 0 aliphatic rings. The van der Waals surface area contributed by atoms with Crippen molar-refractivity contribution in [3.63, 3.8) is 0 Å². The molecule has 1 heterocycles. The number of carbonyl (C=O) groups is 1. The Bertz CT molecular complexity index is 656. The van der Waals surface area contributed by atoms with Gasteiger partial charge in [-0.15, -0.1) is 11.8 Å². The largest absolute Gasteiger partial charge is 0.397 e. The third-order valence-corrected chi connectivity index (χ3v) is 4.15. The van der Waals surface area contributed by atoms with Gasteiger partial charge in [-0.05, 0) is 31.2 Å². The number of nitrogen functional groups attached to an aromatic ring is 1. The van der Waals surface area contributed by atoms with Gasteiger partial charge in [-0.25, -0.2) is 0 Å². The van der Waals surface area contributed by atoms with Gasteiger partial charge in [0.2, 0.25) is 5.91 Å². The van der Waals surface area contributed by atoms with Crippen molar-refractivity contribution in [3.8, 4) is 0 Å². The fourth-order valence-electron chi connectivity index (χ4n) is 1.82. The molecule has 0 saturated heterocycles. The number of aromatic nitrogens is 2. The van der Waals surface area contributed by atoms with Gasteiger partial charge < -0.3 is 11.1 Å². The average molecular weight is 325 g/mol. The Kier molecular flexibility index (Phi) is 5.14. The number of amides is 1. The van der Waals surface area contributed by atoms with E-state index in [0.717, 1.165) is 10.7 Å². The zero-order valence-electron chi connectivity index (χ0n) is 11.9. The Morgan fingerprint density at radius 2 is 2.24 bits per heavy atom. The van der Waals surface area contributed by atoms with Crippen LogP contribution >= 0.6 is 23.4 Å². The number of carbonyl (C=O) groups excluding carboxylic acids is 1. The fourth-order valence-corrected chi connectivity index (χ4v) is 2.97. The van der Waals surface area contributed by atoms with Gasteiger partial charge in [-0.2, -0.15) is 5.10 Å². The van der Waals surface area contributed by atoms with Crippen LogP contribution in [0.1, 0.15) is 12.1 Å². The zero-order valence-corrected chi connectivity index (χ0v) is 13.5. The van der Waals surface area contributed by atoms with Crippen LogP contribution in [0.5, 0.6) is 0 Å². The number of nitrogens with zero attached hydrogens (tertiary/aromatic N) is 2. The summed E-state index contributed by atoms with van der Waals surface area (Å²) < 4.78 is 1.81. The Morgan fingerprint density at radius 3 is 2.90 bits per heavy atom. The van der Waals surface area contributed by atoms with Crippen molar-refractivity contribution < 1.29 is 4.79 Å². The molecule has 0 aliphatic heterocycles. The lowest BCUT2D eigenvalue weighted by Crippen LogP contribution is -2.13. The van der Waals surface area contributed by atoms with Crippen LogP contribution < -0.4 is 11.1 Å². The minimum Gasteiger partial charge on any atom is -0.397 e. The van der Waals surface area contributed by atoms with Gasteiger partial charge in [0.1, 0.15) is 0 Å². The maximum Gasteiger partial charge on any atom is 0.225 e. The second kappa shape index (κ2) is 6.87. The first kappa shape index (κ1) is 15.7. The molecule has 0 bridgehead atoms. The maximum absolute atomic E-state index is 11.9. The Hall–Kier alpha value is -1.66. The number of benzene rings is 1. The summed E-state index contributed by atoms with van der Waals surface area (Å²) in [4.78, 5) is 11.9. The van der Waals surface area contributed by atoms with Crippen LogP contribution in [-0.4, -0.2) is 21.4 Å². The van der Waals surface area contributed by atoms with E-state index in [9.17, 15) is 4.79 Å². The van der Waals surface area contributed by atoms with E-state index in [2.05, 4.69) is 10.4 Å². The van der Waals surface area contributed by atoms with Crippen LogP contribution in [0.25, 0.3) is 0 Å². The summed E-state index contributed by atoms with van der Waals surface area (Å²) in [6.07, 6.45) is 0.390. The summed E-state index contributed by atoms with van der Waals surface area (Å²) in [7, 11) is 1.89. The smallest absolute Gasteiger partial charge is 0.225 e. The minimum atomic E-state index is -0.0876. The number of rotatable bonds is 5. The number of anilines is 2. The first-order valence-electron chi connectivity index (χ1n) is 6.44. The monoisotopic (exact) mass is 324 g/mol. The molecule has 3 N–H and O–H groups in total. The zero-order chi connectivity index (χ0) is 15.4. The predicted octanol–water partition coefficient (Wildman–Crippen LogP) is 3.09. The molecule has 0 aliphatic carbocycles. The van der Waals surface area contributed by atoms with Gasteiger partial charge in [0, 0.05) is 24.2 Å². The number of nitrogens with one attached hydrogen (secondary N) is 1. The molecule has 0 fully saturated rings. The number of nitrogens with two attached hydrogens (primary N) is 1. The molecular formula is C14H17ClN4OS. The lowest BCUT2D eigenvalue weighted by Gasteiger charge is -2.08. The number of aryl methyl sites for hydroxylation is 2. The number of thioether (sulfide) groups is 1. The molecule has 1 aromatic carbocycles. The molecule has 0 spiro atoms. The third-order valence-electron chi connectivity index (χ3n) is 2.83. The molecule has 21 heavy (non-hydrogen) atoms. The van der Waals surface area contributed by atoms with Crippen molar-refractivity contribution in [2.75, 3.05) is 16.8 Å². The van der Waals surface area contributed by atoms with Crippen molar-refractivity contribution in [2.45, 2.75) is 18.4 Å². The summed E-state index contributed by atoms with van der Waals surface area (Å²) in [6.45, 7) is 1.94. The molecule has 0 unspecified atom stereocenters. The highest BCUT2D eigenvalue weighted by Gasteiger charge is 2.08. The average Bonchev–Trinajstić information content (AvgIpc) is 2.72. The van der Waals surface area contributed by atoms with E-state index >= 15 is 0 Å². The van der Waals surface area contributed by atoms with Crippen LogP contribution in [0, 0.1) is 6.92 Å². The second-order valence-corrected chi connectivity index (χ2v) is 6.18. The summed E-state index contributed by atoms with van der Waals surface area (Å²) in [5.74, 6) is 0.584. The normalized spacial score (nSPS) is 10.6. The maximum atomic E-state index is 11.9. The van der Waals surface area contributed by atoms with Gasteiger partial charge in [0.05, 0.1) is 22.1 Å². The highest BCUT2D eigenvalue weighted by atomic mass is 35.5. The summed E-state index contributed by atoms with van der Waals surface area (Å²) in [5, 5.41) is 8.62. The quantitative estimate of drug-likeness (QED) is 0.655. The summed E-state index contributed by atoms with van der Waals surface area (Å²) in [6, 6.07) is 7.00. The molecule has 0 atom stereocenters. The van der Waals surface area contributed by atoms with Crippen LogP contribution in [0.3, 0.4) is 0 Å². The molecule has 0 saturated carbocycles. The molecule has 1 aromatic heterocycles. The van der Waals surface area contributed by atoms with Gasteiger partial charge in [-0.1, -0.05) is 11.6 Å². The molecule has 2 aromatic rings. The van der Waals surface area contributed by atoms with E-state index in [0.29, 0.717) is 28.6 Å². The molecule has 5 nitrogen and oxygen atoms in total. The highest BCUT2D eigenvalue weighted by Crippen LogP contribution is 2.24. The van der Waals surface area contributed by atoms with Gasteiger partial charge in [-0.3, -0.25) is 9.48 Å². The SMILES string of the molecule is Cc1cc(SCCC(=O)Nc2cc(Cl)ccc2N)n(C)n1.